The fourth-order valence-corrected chi connectivity index (χ4v) is 3.55. The van der Waals surface area contributed by atoms with Gasteiger partial charge in [0.25, 0.3) is 0 Å². The first-order valence-corrected chi connectivity index (χ1v) is 7.74. The Hall–Kier alpha value is -0.450. The Morgan fingerprint density at radius 2 is 2.11 bits per heavy atom. The number of benzene rings is 1. The molecule has 1 aliphatic heterocycles. The second-order valence-corrected chi connectivity index (χ2v) is 6.23. The van der Waals surface area contributed by atoms with Gasteiger partial charge in [0.1, 0.15) is 5.82 Å². The zero-order chi connectivity index (χ0) is 13.8. The predicted octanol–water partition coefficient (Wildman–Crippen LogP) is 3.58. The van der Waals surface area contributed by atoms with Crippen LogP contribution in [0.25, 0.3) is 0 Å². The minimum Gasteiger partial charge on any atom is -0.319 e. The van der Waals surface area contributed by atoms with Crippen molar-refractivity contribution in [1.29, 1.82) is 0 Å². The fourth-order valence-electron chi connectivity index (χ4n) is 2.87. The second kappa shape index (κ2) is 6.82. The summed E-state index contributed by atoms with van der Waals surface area (Å²) in [6, 6.07) is 5.33. The predicted molar refractivity (Wildman–Crippen MR) is 80.7 cm³/mol. The van der Waals surface area contributed by atoms with E-state index >= 15 is 0 Å². The highest BCUT2D eigenvalue weighted by molar-refractivity contribution is 9.10. The molecule has 1 saturated heterocycles. The van der Waals surface area contributed by atoms with E-state index < -0.39 is 0 Å². The summed E-state index contributed by atoms with van der Waals surface area (Å²) >= 11 is 3.47. The topological polar surface area (TPSA) is 15.3 Å². The van der Waals surface area contributed by atoms with E-state index in [2.05, 4.69) is 33.1 Å². The van der Waals surface area contributed by atoms with Crippen molar-refractivity contribution in [3.63, 3.8) is 0 Å². The average Bonchev–Trinajstić information content (AvgIpc) is 2.39. The normalized spacial score (nSPS) is 19.6. The SMILES string of the molecule is CNCC1CCN(C(C)c2ccc(F)cc2Br)CC1. The van der Waals surface area contributed by atoms with Crippen LogP contribution in [0.1, 0.15) is 31.4 Å². The Morgan fingerprint density at radius 3 is 2.68 bits per heavy atom. The van der Waals surface area contributed by atoms with Crippen molar-refractivity contribution >= 4 is 15.9 Å². The van der Waals surface area contributed by atoms with Crippen molar-refractivity contribution in [2.45, 2.75) is 25.8 Å². The lowest BCUT2D eigenvalue weighted by Crippen LogP contribution is -2.38. The quantitative estimate of drug-likeness (QED) is 0.908. The molecule has 106 valence electrons. The van der Waals surface area contributed by atoms with Gasteiger partial charge in [0.15, 0.2) is 0 Å². The Labute approximate surface area is 123 Å². The monoisotopic (exact) mass is 328 g/mol. The number of hydrogen-bond donors (Lipinski definition) is 1. The van der Waals surface area contributed by atoms with Gasteiger partial charge in [0, 0.05) is 10.5 Å². The van der Waals surface area contributed by atoms with Gasteiger partial charge in [-0.2, -0.15) is 0 Å². The summed E-state index contributed by atoms with van der Waals surface area (Å²) in [6.07, 6.45) is 2.48. The highest BCUT2D eigenvalue weighted by Gasteiger charge is 2.24. The third-order valence-electron chi connectivity index (χ3n) is 4.10. The highest BCUT2D eigenvalue weighted by Crippen LogP contribution is 2.31. The smallest absolute Gasteiger partial charge is 0.124 e. The van der Waals surface area contributed by atoms with E-state index in [1.54, 1.807) is 12.1 Å². The Balaban J connectivity index is 1.99. The standard InChI is InChI=1S/C15H22BrFN2/c1-11(14-4-3-13(17)9-15(14)16)19-7-5-12(6-8-19)10-18-2/h3-4,9,11-12,18H,5-8,10H2,1-2H3. The molecule has 0 bridgehead atoms. The molecule has 1 heterocycles. The first-order valence-electron chi connectivity index (χ1n) is 6.95. The van der Waals surface area contributed by atoms with E-state index in [9.17, 15) is 4.39 Å². The summed E-state index contributed by atoms with van der Waals surface area (Å²) in [5.74, 6) is 0.612. The zero-order valence-electron chi connectivity index (χ0n) is 11.6. The molecular formula is C15H22BrFN2. The maximum Gasteiger partial charge on any atom is 0.124 e. The van der Waals surface area contributed by atoms with Crippen LogP contribution in [0.15, 0.2) is 22.7 Å². The van der Waals surface area contributed by atoms with Gasteiger partial charge in [-0.15, -0.1) is 0 Å². The summed E-state index contributed by atoms with van der Waals surface area (Å²) in [4.78, 5) is 2.49. The molecule has 1 fully saturated rings. The van der Waals surface area contributed by atoms with E-state index in [0.717, 1.165) is 30.0 Å². The van der Waals surface area contributed by atoms with Crippen LogP contribution in [0.2, 0.25) is 0 Å². The van der Waals surface area contributed by atoms with Crippen molar-refractivity contribution in [3.8, 4) is 0 Å². The molecule has 19 heavy (non-hydrogen) atoms. The summed E-state index contributed by atoms with van der Waals surface area (Å²) in [5, 5.41) is 3.26. The number of piperidine rings is 1. The van der Waals surface area contributed by atoms with Gasteiger partial charge in [0.2, 0.25) is 0 Å². The largest absolute Gasteiger partial charge is 0.319 e. The molecule has 0 aliphatic carbocycles. The molecule has 0 radical (unpaired) electrons. The van der Waals surface area contributed by atoms with Gasteiger partial charge in [-0.3, -0.25) is 4.90 Å². The molecule has 0 aromatic heterocycles. The molecule has 1 aromatic carbocycles. The minimum absolute atomic E-state index is 0.185. The lowest BCUT2D eigenvalue weighted by Gasteiger charge is -2.36. The van der Waals surface area contributed by atoms with Crippen LogP contribution >= 0.6 is 15.9 Å². The van der Waals surface area contributed by atoms with Crippen LogP contribution in [0, 0.1) is 11.7 Å². The van der Waals surface area contributed by atoms with Gasteiger partial charge in [-0.25, -0.2) is 4.39 Å². The van der Waals surface area contributed by atoms with E-state index in [-0.39, 0.29) is 5.82 Å². The molecule has 4 heteroatoms. The molecule has 1 unspecified atom stereocenters. The number of rotatable bonds is 4. The third-order valence-corrected chi connectivity index (χ3v) is 4.79. The third kappa shape index (κ3) is 3.77. The molecule has 2 nitrogen and oxygen atoms in total. The fraction of sp³-hybridized carbons (Fsp3) is 0.600. The van der Waals surface area contributed by atoms with Crippen LogP contribution in [0.4, 0.5) is 4.39 Å². The molecule has 1 atom stereocenters. The Bertz CT molecular complexity index is 417. The average molecular weight is 329 g/mol. The van der Waals surface area contributed by atoms with Gasteiger partial charge in [-0.1, -0.05) is 22.0 Å². The first-order chi connectivity index (χ1) is 9.11. The summed E-state index contributed by atoms with van der Waals surface area (Å²) in [7, 11) is 2.02. The molecule has 0 saturated carbocycles. The number of hydrogen-bond acceptors (Lipinski definition) is 2. The zero-order valence-corrected chi connectivity index (χ0v) is 13.2. The van der Waals surface area contributed by atoms with Gasteiger partial charge in [0.05, 0.1) is 0 Å². The van der Waals surface area contributed by atoms with E-state index in [0.29, 0.717) is 6.04 Å². The van der Waals surface area contributed by atoms with E-state index in [1.165, 1.54) is 18.4 Å². The minimum atomic E-state index is -0.185. The van der Waals surface area contributed by atoms with E-state index in [1.807, 2.05) is 13.1 Å². The summed E-state index contributed by atoms with van der Waals surface area (Å²) < 4.78 is 14.0. The Morgan fingerprint density at radius 1 is 1.42 bits per heavy atom. The lowest BCUT2D eigenvalue weighted by molar-refractivity contribution is 0.140. The number of likely N-dealkylation sites (tertiary alicyclic amines) is 1. The van der Waals surface area contributed by atoms with Crippen molar-refractivity contribution in [3.05, 3.63) is 34.1 Å². The maximum atomic E-state index is 13.1. The molecule has 1 aromatic rings. The van der Waals surface area contributed by atoms with Crippen LogP contribution in [-0.4, -0.2) is 31.6 Å². The van der Waals surface area contributed by atoms with Crippen LogP contribution in [-0.2, 0) is 0 Å². The number of nitrogens with zero attached hydrogens (tertiary/aromatic N) is 1. The first kappa shape index (κ1) is 14.9. The van der Waals surface area contributed by atoms with Crippen molar-refractivity contribution in [2.75, 3.05) is 26.7 Å². The van der Waals surface area contributed by atoms with Crippen LogP contribution in [0.5, 0.6) is 0 Å². The van der Waals surface area contributed by atoms with Gasteiger partial charge in [-0.05, 0) is 70.1 Å². The number of nitrogens with one attached hydrogen (secondary N) is 1. The lowest BCUT2D eigenvalue weighted by atomic mass is 9.94. The molecule has 0 spiro atoms. The van der Waals surface area contributed by atoms with Crippen LogP contribution in [0.3, 0.4) is 0 Å². The molecule has 2 rings (SSSR count). The van der Waals surface area contributed by atoms with Crippen molar-refractivity contribution in [2.24, 2.45) is 5.92 Å². The highest BCUT2D eigenvalue weighted by atomic mass is 79.9. The second-order valence-electron chi connectivity index (χ2n) is 5.38. The Kier molecular flexibility index (Phi) is 5.37. The van der Waals surface area contributed by atoms with Gasteiger partial charge >= 0.3 is 0 Å². The van der Waals surface area contributed by atoms with Crippen molar-refractivity contribution < 1.29 is 4.39 Å². The number of halogens is 2. The molecule has 0 amide bonds. The maximum absolute atomic E-state index is 13.1. The van der Waals surface area contributed by atoms with E-state index in [4.69, 9.17) is 0 Å². The molecule has 1 N–H and O–H groups in total. The van der Waals surface area contributed by atoms with Gasteiger partial charge < -0.3 is 5.32 Å². The molecule has 1 aliphatic rings. The molecular weight excluding hydrogens is 307 g/mol. The van der Waals surface area contributed by atoms with Crippen LogP contribution < -0.4 is 5.32 Å². The summed E-state index contributed by atoms with van der Waals surface area (Å²) in [6.45, 7) is 5.56. The summed E-state index contributed by atoms with van der Waals surface area (Å²) in [5.41, 5.74) is 1.17. The van der Waals surface area contributed by atoms with Crippen molar-refractivity contribution in [1.82, 2.24) is 10.2 Å².